The number of fused-ring (bicyclic) bond motifs is 1. The highest BCUT2D eigenvalue weighted by atomic mass is 16.4. The van der Waals surface area contributed by atoms with Crippen LogP contribution in [0.3, 0.4) is 0 Å². The predicted octanol–water partition coefficient (Wildman–Crippen LogP) is 1.92. The fraction of sp³-hybridized carbons (Fsp3) is 0.273. The van der Waals surface area contributed by atoms with E-state index in [0.717, 1.165) is 22.8 Å². The Bertz CT molecular complexity index is 1030. The highest BCUT2D eigenvalue weighted by molar-refractivity contribution is 6.59. The van der Waals surface area contributed by atoms with Crippen LogP contribution in [0.15, 0.2) is 54.7 Å². The zero-order chi connectivity index (χ0) is 21.3. The maximum absolute atomic E-state index is 9.74. The summed E-state index contributed by atoms with van der Waals surface area (Å²) in [5.41, 5.74) is 4.46. The van der Waals surface area contributed by atoms with Crippen molar-refractivity contribution in [2.24, 2.45) is 0 Å². The smallest absolute Gasteiger partial charge is 0.423 e. The Morgan fingerprint density at radius 1 is 1.13 bits per heavy atom. The lowest BCUT2D eigenvalue weighted by Crippen LogP contribution is -2.32. The van der Waals surface area contributed by atoms with Gasteiger partial charge in [-0.15, -0.1) is 0 Å². The molecule has 1 unspecified atom stereocenters. The SMILES string of the molecule is CC1Cc2c(B(O)O)cccc2N1c1ncc(N(C)C)c(NCc2ccccc2)n1. The molecule has 0 fully saturated rings. The van der Waals surface area contributed by atoms with Crippen molar-refractivity contribution in [3.05, 3.63) is 65.9 Å². The Morgan fingerprint density at radius 3 is 2.60 bits per heavy atom. The van der Waals surface area contributed by atoms with Crippen LogP contribution < -0.4 is 20.6 Å². The van der Waals surface area contributed by atoms with E-state index in [0.29, 0.717) is 24.4 Å². The van der Waals surface area contributed by atoms with Crippen LogP contribution in [0, 0.1) is 0 Å². The van der Waals surface area contributed by atoms with Gasteiger partial charge in [0, 0.05) is 32.4 Å². The minimum absolute atomic E-state index is 0.104. The molecule has 8 heteroatoms. The minimum Gasteiger partial charge on any atom is -0.423 e. The van der Waals surface area contributed by atoms with Gasteiger partial charge in [0.15, 0.2) is 5.82 Å². The van der Waals surface area contributed by atoms with Gasteiger partial charge in [0.05, 0.1) is 11.9 Å². The number of nitrogens with zero attached hydrogens (tertiary/aromatic N) is 4. The molecular weight excluding hydrogens is 377 g/mol. The van der Waals surface area contributed by atoms with Crippen LogP contribution in [0.25, 0.3) is 0 Å². The summed E-state index contributed by atoms with van der Waals surface area (Å²) in [7, 11) is 2.44. The minimum atomic E-state index is -1.49. The van der Waals surface area contributed by atoms with Gasteiger partial charge in [-0.1, -0.05) is 42.5 Å². The molecule has 1 aromatic heterocycles. The molecule has 0 bridgehead atoms. The van der Waals surface area contributed by atoms with Gasteiger partial charge in [0.2, 0.25) is 5.95 Å². The van der Waals surface area contributed by atoms with Crippen LogP contribution >= 0.6 is 0 Å². The fourth-order valence-electron chi connectivity index (χ4n) is 3.93. The Balaban J connectivity index is 1.69. The van der Waals surface area contributed by atoms with Crippen LogP contribution in [0.1, 0.15) is 18.1 Å². The number of nitrogens with one attached hydrogen (secondary N) is 1. The first-order valence-electron chi connectivity index (χ1n) is 10.0. The van der Waals surface area contributed by atoms with Gasteiger partial charge in [-0.3, -0.25) is 0 Å². The summed E-state index contributed by atoms with van der Waals surface area (Å²) in [5, 5.41) is 22.9. The summed E-state index contributed by atoms with van der Waals surface area (Å²) in [4.78, 5) is 13.5. The summed E-state index contributed by atoms with van der Waals surface area (Å²) in [6.45, 7) is 2.75. The van der Waals surface area contributed by atoms with Crippen molar-refractivity contribution in [3.63, 3.8) is 0 Å². The van der Waals surface area contributed by atoms with Crippen molar-refractivity contribution < 1.29 is 10.0 Å². The lowest BCUT2D eigenvalue weighted by atomic mass is 9.76. The second-order valence-corrected chi connectivity index (χ2v) is 7.78. The highest BCUT2D eigenvalue weighted by Crippen LogP contribution is 2.37. The number of rotatable bonds is 6. The molecule has 2 aromatic carbocycles. The Hall–Kier alpha value is -3.10. The third kappa shape index (κ3) is 3.84. The molecule has 0 saturated heterocycles. The monoisotopic (exact) mass is 403 g/mol. The number of hydrogen-bond acceptors (Lipinski definition) is 7. The van der Waals surface area contributed by atoms with Gasteiger partial charge >= 0.3 is 7.12 Å². The first-order chi connectivity index (χ1) is 14.5. The predicted molar refractivity (Wildman–Crippen MR) is 122 cm³/mol. The lowest BCUT2D eigenvalue weighted by molar-refractivity contribution is 0.425. The molecule has 1 atom stereocenters. The van der Waals surface area contributed by atoms with Gasteiger partial charge in [0.25, 0.3) is 0 Å². The van der Waals surface area contributed by atoms with E-state index in [-0.39, 0.29) is 6.04 Å². The molecule has 0 saturated carbocycles. The normalized spacial score (nSPS) is 15.1. The quantitative estimate of drug-likeness (QED) is 0.543. The largest absolute Gasteiger partial charge is 0.488 e. The third-order valence-electron chi connectivity index (χ3n) is 5.42. The van der Waals surface area contributed by atoms with Crippen molar-refractivity contribution >= 4 is 35.7 Å². The maximum atomic E-state index is 9.74. The van der Waals surface area contributed by atoms with Gasteiger partial charge in [-0.05, 0) is 36.0 Å². The van der Waals surface area contributed by atoms with E-state index in [4.69, 9.17) is 4.98 Å². The third-order valence-corrected chi connectivity index (χ3v) is 5.42. The van der Waals surface area contributed by atoms with Gasteiger partial charge in [0.1, 0.15) is 0 Å². The van der Waals surface area contributed by atoms with Gasteiger partial charge in [-0.2, -0.15) is 4.98 Å². The second-order valence-electron chi connectivity index (χ2n) is 7.78. The van der Waals surface area contributed by atoms with E-state index in [1.165, 1.54) is 5.56 Å². The van der Waals surface area contributed by atoms with Crippen LogP contribution in [0.2, 0.25) is 0 Å². The molecule has 2 heterocycles. The second kappa shape index (κ2) is 8.34. The van der Waals surface area contributed by atoms with Crippen LogP contribution in [0.5, 0.6) is 0 Å². The Kier molecular flexibility index (Phi) is 5.61. The van der Waals surface area contributed by atoms with Crippen molar-refractivity contribution in [3.8, 4) is 0 Å². The van der Waals surface area contributed by atoms with E-state index < -0.39 is 7.12 Å². The zero-order valence-electron chi connectivity index (χ0n) is 17.4. The summed E-state index contributed by atoms with van der Waals surface area (Å²) >= 11 is 0. The molecular formula is C22H26BN5O2. The van der Waals surface area contributed by atoms with Crippen LogP contribution in [-0.4, -0.2) is 47.3 Å². The van der Waals surface area contributed by atoms with E-state index in [2.05, 4.69) is 34.3 Å². The van der Waals surface area contributed by atoms with Crippen LogP contribution in [-0.2, 0) is 13.0 Å². The zero-order valence-corrected chi connectivity index (χ0v) is 17.4. The standard InChI is InChI=1S/C22H26BN5O2/c1-15-12-17-18(23(29)30)10-7-11-19(17)28(15)22-25-14-20(27(2)3)21(26-22)24-13-16-8-5-4-6-9-16/h4-11,14-15,29-30H,12-13H2,1-3H3,(H,24,25,26). The molecule has 7 nitrogen and oxygen atoms in total. The molecule has 0 amide bonds. The molecule has 3 aromatic rings. The first-order valence-corrected chi connectivity index (χ1v) is 10.0. The molecule has 30 heavy (non-hydrogen) atoms. The first kappa shape index (κ1) is 20.2. The lowest BCUT2D eigenvalue weighted by Gasteiger charge is -2.25. The van der Waals surface area contributed by atoms with Crippen molar-refractivity contribution in [1.82, 2.24) is 9.97 Å². The fourth-order valence-corrected chi connectivity index (χ4v) is 3.93. The van der Waals surface area contributed by atoms with E-state index in [1.807, 2.05) is 55.5 Å². The summed E-state index contributed by atoms with van der Waals surface area (Å²) in [6, 6.07) is 15.9. The number of hydrogen-bond donors (Lipinski definition) is 3. The molecule has 0 radical (unpaired) electrons. The molecule has 154 valence electrons. The van der Waals surface area contributed by atoms with E-state index in [9.17, 15) is 10.0 Å². The van der Waals surface area contributed by atoms with Crippen molar-refractivity contribution in [1.29, 1.82) is 0 Å². The van der Waals surface area contributed by atoms with Crippen molar-refractivity contribution in [2.45, 2.75) is 25.9 Å². The Morgan fingerprint density at radius 2 is 1.90 bits per heavy atom. The van der Waals surface area contributed by atoms with Crippen molar-refractivity contribution in [2.75, 3.05) is 29.2 Å². The maximum Gasteiger partial charge on any atom is 0.488 e. The number of benzene rings is 2. The average Bonchev–Trinajstić information content (AvgIpc) is 3.08. The molecule has 3 N–H and O–H groups in total. The van der Waals surface area contributed by atoms with Crippen LogP contribution in [0.4, 0.5) is 23.1 Å². The van der Waals surface area contributed by atoms with Gasteiger partial charge in [-0.25, -0.2) is 4.98 Å². The molecule has 1 aliphatic heterocycles. The van der Waals surface area contributed by atoms with E-state index in [1.54, 1.807) is 6.07 Å². The molecule has 0 spiro atoms. The molecule has 0 aliphatic carbocycles. The summed E-state index contributed by atoms with van der Waals surface area (Å²) in [6.07, 6.45) is 2.53. The van der Waals surface area contributed by atoms with E-state index >= 15 is 0 Å². The van der Waals surface area contributed by atoms with Gasteiger partial charge < -0.3 is 25.2 Å². The number of anilines is 4. The Labute approximate surface area is 177 Å². The average molecular weight is 403 g/mol. The molecule has 1 aliphatic rings. The topological polar surface area (TPSA) is 84.8 Å². The summed E-state index contributed by atoms with van der Waals surface area (Å²) < 4.78 is 0. The molecule has 4 rings (SSSR count). The number of aromatic nitrogens is 2. The highest BCUT2D eigenvalue weighted by Gasteiger charge is 2.33. The summed E-state index contributed by atoms with van der Waals surface area (Å²) in [5.74, 6) is 1.35.